The molecule has 1 aliphatic rings. The van der Waals surface area contributed by atoms with Crippen molar-refractivity contribution in [1.29, 1.82) is 0 Å². The Bertz CT molecular complexity index is 1470. The van der Waals surface area contributed by atoms with Crippen LogP contribution in [0.5, 0.6) is 0 Å². The molecule has 0 spiro atoms. The maximum Gasteiger partial charge on any atom is 0.193 e. The Morgan fingerprint density at radius 1 is 0.629 bits per heavy atom. The van der Waals surface area contributed by atoms with E-state index in [0.29, 0.717) is 13.2 Å². The Hall–Kier alpha value is -1.91. The highest BCUT2D eigenvalue weighted by Crippen LogP contribution is 2.45. The first-order chi connectivity index (χ1) is 17.0. The van der Waals surface area contributed by atoms with Gasteiger partial charge in [0.25, 0.3) is 0 Å². The molecular weight excluding hydrogens is 533 g/mol. The van der Waals surface area contributed by atoms with Crippen molar-refractivity contribution in [2.45, 2.75) is 20.1 Å². The molecule has 0 N–H and O–H groups in total. The molecule has 0 radical (unpaired) electrons. The lowest BCUT2D eigenvalue weighted by Crippen LogP contribution is -2.33. The van der Waals surface area contributed by atoms with Crippen molar-refractivity contribution in [2.75, 3.05) is 13.2 Å². The number of aldehydes is 1. The van der Waals surface area contributed by atoms with E-state index in [1.165, 1.54) is 34.1 Å². The summed E-state index contributed by atoms with van der Waals surface area (Å²) in [6.45, 7) is 5.76. The van der Waals surface area contributed by atoms with Crippen LogP contribution in [0.3, 0.4) is 0 Å². The van der Waals surface area contributed by atoms with Gasteiger partial charge in [-0.1, -0.05) is 13.8 Å². The molecule has 0 atom stereocenters. The molecule has 1 saturated heterocycles. The quantitative estimate of drug-likeness (QED) is 0.196. The molecule has 0 aliphatic carbocycles. The van der Waals surface area contributed by atoms with Crippen LogP contribution in [0, 0.1) is 5.41 Å². The van der Waals surface area contributed by atoms with Crippen molar-refractivity contribution in [3.8, 4) is 39.0 Å². The molecule has 5 aromatic rings. The van der Waals surface area contributed by atoms with Gasteiger partial charge < -0.3 is 9.47 Å². The van der Waals surface area contributed by atoms with Crippen LogP contribution in [0.25, 0.3) is 39.0 Å². The number of carbonyl (C=O) groups is 1. The van der Waals surface area contributed by atoms with E-state index in [9.17, 15) is 4.79 Å². The molecule has 0 unspecified atom stereocenters. The first-order valence-electron chi connectivity index (χ1n) is 11.2. The predicted octanol–water partition coefficient (Wildman–Crippen LogP) is 9.55. The summed E-state index contributed by atoms with van der Waals surface area (Å²) in [5, 5.41) is 0. The number of ether oxygens (including phenoxy) is 2. The maximum absolute atomic E-state index is 11.0. The number of hydrogen-bond donors (Lipinski definition) is 0. The van der Waals surface area contributed by atoms with Gasteiger partial charge in [-0.05, 0) is 60.7 Å². The van der Waals surface area contributed by atoms with Gasteiger partial charge in [-0.2, -0.15) is 0 Å². The molecule has 0 saturated carbocycles. The summed E-state index contributed by atoms with van der Waals surface area (Å²) in [7, 11) is 0. The topological polar surface area (TPSA) is 35.5 Å². The molecule has 178 valence electrons. The molecule has 0 amide bonds. The summed E-state index contributed by atoms with van der Waals surface area (Å²) in [5.41, 5.74) is 0.0767. The van der Waals surface area contributed by atoms with Crippen LogP contribution in [-0.2, 0) is 9.47 Å². The monoisotopic (exact) mass is 554 g/mol. The standard InChI is InChI=1S/C27H22O3S5/c1-27(2)14-29-26(30-15-27)25-12-11-24(35-25)23-10-9-22(34-23)21-8-7-20(33-21)19-6-5-18(32-19)17-4-3-16(13-28)31-17/h3-13,26H,14-15H2,1-2H3. The normalized spacial score (nSPS) is 16.1. The van der Waals surface area contributed by atoms with Crippen molar-refractivity contribution < 1.29 is 14.3 Å². The van der Waals surface area contributed by atoms with E-state index in [1.807, 2.05) is 34.8 Å². The van der Waals surface area contributed by atoms with E-state index in [4.69, 9.17) is 9.47 Å². The van der Waals surface area contributed by atoms with E-state index in [0.717, 1.165) is 20.9 Å². The fraction of sp³-hybridized carbons (Fsp3) is 0.222. The van der Waals surface area contributed by atoms with Gasteiger partial charge in [-0.15, -0.1) is 56.7 Å². The van der Waals surface area contributed by atoms with Gasteiger partial charge in [-0.3, -0.25) is 4.79 Å². The minimum atomic E-state index is -0.254. The molecule has 8 heteroatoms. The van der Waals surface area contributed by atoms with Crippen molar-refractivity contribution in [3.63, 3.8) is 0 Å². The van der Waals surface area contributed by atoms with Crippen LogP contribution in [-0.4, -0.2) is 19.5 Å². The molecule has 35 heavy (non-hydrogen) atoms. The van der Waals surface area contributed by atoms with E-state index >= 15 is 0 Å². The SMILES string of the molecule is CC1(C)COC(c2ccc(-c3ccc(-c4ccc(-c5ccc(-c6ccc(C=O)s6)s5)s4)s3)s2)OC1. The van der Waals surface area contributed by atoms with Gasteiger partial charge in [0.1, 0.15) is 0 Å². The Labute approximate surface area is 224 Å². The van der Waals surface area contributed by atoms with Crippen LogP contribution >= 0.6 is 56.7 Å². The van der Waals surface area contributed by atoms with Crippen molar-refractivity contribution in [3.05, 3.63) is 70.4 Å². The molecule has 1 fully saturated rings. The zero-order valence-electron chi connectivity index (χ0n) is 19.1. The first kappa shape index (κ1) is 23.5. The number of thiophene rings is 5. The summed E-state index contributed by atoms with van der Waals surface area (Å²) in [4.78, 5) is 22.9. The summed E-state index contributed by atoms with van der Waals surface area (Å²) in [5.74, 6) is 0. The zero-order valence-corrected chi connectivity index (χ0v) is 23.2. The fourth-order valence-electron chi connectivity index (χ4n) is 3.83. The summed E-state index contributed by atoms with van der Waals surface area (Å²) < 4.78 is 11.9. The van der Waals surface area contributed by atoms with Crippen molar-refractivity contribution in [2.24, 2.45) is 5.41 Å². The Kier molecular flexibility index (Phi) is 6.39. The Balaban J connectivity index is 1.18. The van der Waals surface area contributed by atoms with Crippen molar-refractivity contribution >= 4 is 63.0 Å². The third-order valence-corrected chi connectivity index (χ3v) is 11.8. The summed E-state index contributed by atoms with van der Waals surface area (Å²) in [6, 6.07) is 21.4. The minimum Gasteiger partial charge on any atom is -0.347 e. The third kappa shape index (κ3) is 4.89. The molecular formula is C27H22O3S5. The van der Waals surface area contributed by atoms with Crippen LogP contribution in [0.1, 0.15) is 34.7 Å². The highest BCUT2D eigenvalue weighted by molar-refractivity contribution is 7.29. The van der Waals surface area contributed by atoms with Gasteiger partial charge in [0, 0.05) is 44.4 Å². The van der Waals surface area contributed by atoms with Gasteiger partial charge in [0.05, 0.1) is 23.0 Å². The third-order valence-electron chi connectivity index (χ3n) is 5.64. The molecule has 6 rings (SSSR count). The van der Waals surface area contributed by atoms with E-state index in [2.05, 4.69) is 62.4 Å². The van der Waals surface area contributed by atoms with Crippen LogP contribution in [0.15, 0.2) is 60.7 Å². The summed E-state index contributed by atoms with van der Waals surface area (Å²) >= 11 is 8.72. The fourth-order valence-corrected chi connectivity index (χ4v) is 9.03. The smallest absolute Gasteiger partial charge is 0.193 e. The molecule has 0 bridgehead atoms. The molecule has 1 aliphatic heterocycles. The second kappa shape index (κ2) is 9.52. The minimum absolute atomic E-state index is 0.0767. The van der Waals surface area contributed by atoms with Crippen molar-refractivity contribution in [1.82, 2.24) is 0 Å². The molecule has 3 nitrogen and oxygen atoms in total. The largest absolute Gasteiger partial charge is 0.347 e. The predicted molar refractivity (Wildman–Crippen MR) is 151 cm³/mol. The molecule has 0 aromatic carbocycles. The van der Waals surface area contributed by atoms with Gasteiger partial charge in [0.15, 0.2) is 12.6 Å². The zero-order chi connectivity index (χ0) is 24.0. The average Bonchev–Trinajstić information content (AvgIpc) is 3.67. The van der Waals surface area contributed by atoms with E-state index < -0.39 is 0 Å². The molecule has 6 heterocycles. The highest BCUT2D eigenvalue weighted by atomic mass is 32.1. The van der Waals surface area contributed by atoms with Crippen LogP contribution < -0.4 is 0 Å². The van der Waals surface area contributed by atoms with E-state index in [-0.39, 0.29) is 11.7 Å². The summed E-state index contributed by atoms with van der Waals surface area (Å²) in [6.07, 6.45) is 0.662. The maximum atomic E-state index is 11.0. The number of hydrogen-bond acceptors (Lipinski definition) is 8. The average molecular weight is 555 g/mol. The lowest BCUT2D eigenvalue weighted by atomic mass is 9.96. The van der Waals surface area contributed by atoms with Crippen LogP contribution in [0.4, 0.5) is 0 Å². The van der Waals surface area contributed by atoms with Crippen LogP contribution in [0.2, 0.25) is 0 Å². The lowest BCUT2D eigenvalue weighted by molar-refractivity contribution is -0.224. The first-order valence-corrected chi connectivity index (χ1v) is 15.2. The Morgan fingerprint density at radius 2 is 1.03 bits per heavy atom. The number of rotatable bonds is 6. The van der Waals surface area contributed by atoms with Gasteiger partial charge >= 0.3 is 0 Å². The number of carbonyl (C=O) groups excluding carboxylic acids is 1. The lowest BCUT2D eigenvalue weighted by Gasteiger charge is -2.34. The van der Waals surface area contributed by atoms with E-state index in [1.54, 1.807) is 34.0 Å². The Morgan fingerprint density at radius 3 is 1.49 bits per heavy atom. The highest BCUT2D eigenvalue weighted by Gasteiger charge is 2.30. The molecule has 5 aromatic heterocycles. The van der Waals surface area contributed by atoms with Gasteiger partial charge in [-0.25, -0.2) is 0 Å². The second-order valence-corrected chi connectivity index (χ2v) is 14.6. The van der Waals surface area contributed by atoms with Gasteiger partial charge in [0.2, 0.25) is 0 Å². The second-order valence-electron chi connectivity index (χ2n) is 9.13.